The quantitative estimate of drug-likeness (QED) is 0.393. The SMILES string of the molecule is CCCOc1ccc(C(=O)O[C@H](C)C(=O)c2c(C)[nH]c3ccccc23)cc1OCC. The third-order valence-corrected chi connectivity index (χ3v) is 4.73. The first kappa shape index (κ1) is 21.4. The van der Waals surface area contributed by atoms with Gasteiger partial charge in [0.05, 0.1) is 18.8 Å². The van der Waals surface area contributed by atoms with Crippen LogP contribution in [0, 0.1) is 6.92 Å². The lowest BCUT2D eigenvalue weighted by Gasteiger charge is -2.15. The number of hydrogen-bond acceptors (Lipinski definition) is 5. The van der Waals surface area contributed by atoms with E-state index in [9.17, 15) is 9.59 Å². The average molecular weight is 409 g/mol. The van der Waals surface area contributed by atoms with Crippen molar-refractivity contribution in [2.24, 2.45) is 0 Å². The van der Waals surface area contributed by atoms with E-state index < -0.39 is 12.1 Å². The van der Waals surface area contributed by atoms with E-state index in [1.807, 2.05) is 45.0 Å². The Kier molecular flexibility index (Phi) is 6.77. The Balaban J connectivity index is 1.78. The summed E-state index contributed by atoms with van der Waals surface area (Å²) in [5.41, 5.74) is 2.47. The number of ether oxygens (including phenoxy) is 3. The second-order valence-corrected chi connectivity index (χ2v) is 7.03. The molecular weight excluding hydrogens is 382 g/mol. The molecule has 3 aromatic rings. The number of esters is 1. The van der Waals surface area contributed by atoms with Crippen molar-refractivity contribution < 1.29 is 23.8 Å². The number of carbonyl (C=O) groups excluding carboxylic acids is 2. The second kappa shape index (κ2) is 9.48. The van der Waals surface area contributed by atoms with Crippen LogP contribution < -0.4 is 9.47 Å². The van der Waals surface area contributed by atoms with E-state index in [-0.39, 0.29) is 5.78 Å². The van der Waals surface area contributed by atoms with Gasteiger partial charge < -0.3 is 19.2 Å². The van der Waals surface area contributed by atoms with Gasteiger partial charge in [-0.05, 0) is 51.5 Å². The summed E-state index contributed by atoms with van der Waals surface area (Å²) in [6.07, 6.45) is -0.0654. The maximum Gasteiger partial charge on any atom is 0.338 e. The van der Waals surface area contributed by atoms with Gasteiger partial charge >= 0.3 is 5.97 Å². The number of Topliss-reactive ketones (excluding diaryl/α,β-unsaturated/α-hetero) is 1. The van der Waals surface area contributed by atoms with Crippen molar-refractivity contribution in [3.63, 3.8) is 0 Å². The fourth-order valence-corrected chi connectivity index (χ4v) is 3.31. The molecule has 1 atom stereocenters. The summed E-state index contributed by atoms with van der Waals surface area (Å²) in [7, 11) is 0. The Hall–Kier alpha value is -3.28. The molecule has 1 aromatic heterocycles. The number of para-hydroxylation sites is 1. The van der Waals surface area contributed by atoms with E-state index in [1.54, 1.807) is 25.1 Å². The van der Waals surface area contributed by atoms with E-state index in [0.717, 1.165) is 23.0 Å². The summed E-state index contributed by atoms with van der Waals surface area (Å²) < 4.78 is 16.7. The Labute approximate surface area is 176 Å². The number of H-pyrrole nitrogens is 1. The van der Waals surface area contributed by atoms with Crippen LogP contribution in [0.3, 0.4) is 0 Å². The van der Waals surface area contributed by atoms with E-state index in [2.05, 4.69) is 4.98 Å². The lowest BCUT2D eigenvalue weighted by atomic mass is 10.0. The van der Waals surface area contributed by atoms with E-state index >= 15 is 0 Å². The van der Waals surface area contributed by atoms with Crippen LogP contribution in [-0.2, 0) is 4.74 Å². The normalized spacial score (nSPS) is 11.9. The summed E-state index contributed by atoms with van der Waals surface area (Å²) in [6, 6.07) is 12.5. The molecule has 0 saturated carbocycles. The molecule has 0 amide bonds. The van der Waals surface area contributed by atoms with Gasteiger partial charge in [-0.1, -0.05) is 25.1 Å². The number of benzene rings is 2. The first-order valence-corrected chi connectivity index (χ1v) is 10.2. The van der Waals surface area contributed by atoms with Crippen LogP contribution in [0.15, 0.2) is 42.5 Å². The number of carbonyl (C=O) groups is 2. The summed E-state index contributed by atoms with van der Waals surface area (Å²) in [4.78, 5) is 28.9. The number of hydrogen-bond donors (Lipinski definition) is 1. The molecule has 0 fully saturated rings. The fraction of sp³-hybridized carbons (Fsp3) is 0.333. The highest BCUT2D eigenvalue weighted by Gasteiger charge is 2.25. The maximum atomic E-state index is 13.0. The number of aromatic nitrogens is 1. The van der Waals surface area contributed by atoms with E-state index in [0.29, 0.717) is 35.8 Å². The summed E-state index contributed by atoms with van der Waals surface area (Å²) in [5, 5.41) is 0.818. The maximum absolute atomic E-state index is 13.0. The number of rotatable bonds is 9. The second-order valence-electron chi connectivity index (χ2n) is 7.03. The van der Waals surface area contributed by atoms with Gasteiger partial charge in [-0.25, -0.2) is 4.79 Å². The smallest absolute Gasteiger partial charge is 0.338 e. The van der Waals surface area contributed by atoms with Crippen molar-refractivity contribution in [1.82, 2.24) is 4.98 Å². The third kappa shape index (κ3) is 4.48. The van der Waals surface area contributed by atoms with E-state index in [1.165, 1.54) is 0 Å². The minimum Gasteiger partial charge on any atom is -0.490 e. The summed E-state index contributed by atoms with van der Waals surface area (Å²) in [5.74, 6) is 0.225. The molecule has 0 saturated heterocycles. The molecule has 6 heteroatoms. The highest BCUT2D eigenvalue weighted by Crippen LogP contribution is 2.29. The molecule has 1 N–H and O–H groups in total. The molecule has 0 aliphatic carbocycles. The number of aryl methyl sites for hydroxylation is 1. The Morgan fingerprint density at radius 3 is 2.53 bits per heavy atom. The van der Waals surface area contributed by atoms with Crippen LogP contribution in [0.4, 0.5) is 0 Å². The van der Waals surface area contributed by atoms with Crippen LogP contribution in [0.2, 0.25) is 0 Å². The Morgan fingerprint density at radius 2 is 1.80 bits per heavy atom. The van der Waals surface area contributed by atoms with Crippen LogP contribution in [-0.4, -0.2) is 36.1 Å². The van der Waals surface area contributed by atoms with Gasteiger partial charge in [0.2, 0.25) is 5.78 Å². The van der Waals surface area contributed by atoms with Gasteiger partial charge in [-0.3, -0.25) is 4.79 Å². The summed E-state index contributed by atoms with van der Waals surface area (Å²) in [6.45, 7) is 8.29. The molecule has 158 valence electrons. The number of fused-ring (bicyclic) bond motifs is 1. The zero-order valence-corrected chi connectivity index (χ0v) is 17.8. The molecular formula is C24H27NO5. The standard InChI is InChI=1S/C24H27NO5/c1-5-13-29-20-12-11-17(14-21(20)28-6-2)24(27)30-16(4)23(26)22-15(3)25-19-10-8-7-9-18(19)22/h7-12,14,16,25H,5-6,13H2,1-4H3/t16-/m1/s1. The van der Waals surface area contributed by atoms with Gasteiger partial charge in [0.15, 0.2) is 17.6 Å². The van der Waals surface area contributed by atoms with Crippen molar-refractivity contribution in [2.75, 3.05) is 13.2 Å². The fourth-order valence-electron chi connectivity index (χ4n) is 3.31. The van der Waals surface area contributed by atoms with Gasteiger partial charge in [0, 0.05) is 22.2 Å². The molecule has 0 aliphatic heterocycles. The average Bonchev–Trinajstić information content (AvgIpc) is 3.07. The zero-order chi connectivity index (χ0) is 21.7. The highest BCUT2D eigenvalue weighted by atomic mass is 16.5. The molecule has 2 aromatic carbocycles. The molecule has 1 heterocycles. The van der Waals surface area contributed by atoms with Crippen molar-refractivity contribution in [3.05, 3.63) is 59.3 Å². The third-order valence-electron chi connectivity index (χ3n) is 4.73. The minimum atomic E-state index is -0.929. The molecule has 30 heavy (non-hydrogen) atoms. The van der Waals surface area contributed by atoms with Crippen LogP contribution in [0.25, 0.3) is 10.9 Å². The van der Waals surface area contributed by atoms with Crippen molar-refractivity contribution in [3.8, 4) is 11.5 Å². The minimum absolute atomic E-state index is 0.244. The molecule has 0 radical (unpaired) electrons. The van der Waals surface area contributed by atoms with Gasteiger partial charge in [0.1, 0.15) is 0 Å². The molecule has 3 rings (SSSR count). The monoisotopic (exact) mass is 409 g/mol. The zero-order valence-electron chi connectivity index (χ0n) is 17.8. The highest BCUT2D eigenvalue weighted by molar-refractivity contribution is 6.11. The van der Waals surface area contributed by atoms with Crippen molar-refractivity contribution in [2.45, 2.75) is 40.2 Å². The largest absolute Gasteiger partial charge is 0.490 e. The molecule has 0 spiro atoms. The van der Waals surface area contributed by atoms with Crippen LogP contribution in [0.1, 0.15) is 53.6 Å². The topological polar surface area (TPSA) is 77.6 Å². The first-order valence-electron chi connectivity index (χ1n) is 10.2. The van der Waals surface area contributed by atoms with Gasteiger partial charge in [-0.2, -0.15) is 0 Å². The predicted molar refractivity (Wildman–Crippen MR) is 116 cm³/mol. The van der Waals surface area contributed by atoms with Crippen LogP contribution >= 0.6 is 0 Å². The van der Waals surface area contributed by atoms with Gasteiger partial charge in [-0.15, -0.1) is 0 Å². The lowest BCUT2D eigenvalue weighted by Crippen LogP contribution is -2.25. The number of ketones is 1. The Bertz CT molecular complexity index is 1050. The number of nitrogens with one attached hydrogen (secondary N) is 1. The first-order chi connectivity index (χ1) is 14.5. The van der Waals surface area contributed by atoms with Crippen molar-refractivity contribution in [1.29, 1.82) is 0 Å². The van der Waals surface area contributed by atoms with Crippen LogP contribution in [0.5, 0.6) is 11.5 Å². The molecule has 0 bridgehead atoms. The predicted octanol–water partition coefficient (Wildman–Crippen LogP) is 5.09. The number of aromatic amines is 1. The molecule has 6 nitrogen and oxygen atoms in total. The lowest BCUT2D eigenvalue weighted by molar-refractivity contribution is 0.0318. The Morgan fingerprint density at radius 1 is 1.03 bits per heavy atom. The van der Waals surface area contributed by atoms with Crippen molar-refractivity contribution >= 4 is 22.7 Å². The van der Waals surface area contributed by atoms with E-state index in [4.69, 9.17) is 14.2 Å². The molecule has 0 aliphatic rings. The van der Waals surface area contributed by atoms with Gasteiger partial charge in [0.25, 0.3) is 0 Å². The molecule has 0 unspecified atom stereocenters. The summed E-state index contributed by atoms with van der Waals surface area (Å²) >= 11 is 0.